The van der Waals surface area contributed by atoms with Gasteiger partial charge in [-0.2, -0.15) is 0 Å². The summed E-state index contributed by atoms with van der Waals surface area (Å²) in [6.07, 6.45) is 85.9. The third-order valence-corrected chi connectivity index (χ3v) is 12.4. The Bertz CT molecular complexity index is 1600. The first-order chi connectivity index (χ1) is 36.5. The van der Waals surface area contributed by atoms with Gasteiger partial charge in [0.25, 0.3) is 0 Å². The van der Waals surface area contributed by atoms with Gasteiger partial charge >= 0.3 is 17.9 Å². The van der Waals surface area contributed by atoms with Crippen LogP contribution in [0.25, 0.3) is 0 Å². The van der Waals surface area contributed by atoms with Gasteiger partial charge in [-0.05, 0) is 116 Å². The maximum atomic E-state index is 12.9. The molecule has 0 spiro atoms. The molecule has 0 saturated carbocycles. The van der Waals surface area contributed by atoms with Crippen molar-refractivity contribution in [2.45, 2.75) is 264 Å². The molecule has 74 heavy (non-hydrogen) atoms. The minimum Gasteiger partial charge on any atom is -0.462 e. The van der Waals surface area contributed by atoms with Crippen molar-refractivity contribution in [1.29, 1.82) is 0 Å². The lowest BCUT2D eigenvalue weighted by molar-refractivity contribution is -0.167. The van der Waals surface area contributed by atoms with Crippen LogP contribution in [0.5, 0.6) is 0 Å². The fourth-order valence-corrected chi connectivity index (χ4v) is 7.94. The highest BCUT2D eigenvalue weighted by Crippen LogP contribution is 2.15. The quantitative estimate of drug-likeness (QED) is 0.0261. The second-order valence-electron chi connectivity index (χ2n) is 19.5. The highest BCUT2D eigenvalue weighted by atomic mass is 16.6. The summed E-state index contributed by atoms with van der Waals surface area (Å²) in [6.45, 7) is 6.35. The molecule has 0 aromatic carbocycles. The lowest BCUT2D eigenvalue weighted by atomic mass is 10.0. The highest BCUT2D eigenvalue weighted by molar-refractivity contribution is 5.71. The van der Waals surface area contributed by atoms with Crippen LogP contribution < -0.4 is 0 Å². The maximum absolute atomic E-state index is 12.9. The molecule has 0 radical (unpaired) electrons. The number of carbonyl (C=O) groups excluding carboxylic acids is 3. The molecule has 0 amide bonds. The van der Waals surface area contributed by atoms with Gasteiger partial charge in [-0.15, -0.1) is 0 Å². The minimum absolute atomic E-state index is 0.111. The number of hydrogen-bond donors (Lipinski definition) is 0. The maximum Gasteiger partial charge on any atom is 0.306 e. The van der Waals surface area contributed by atoms with Crippen LogP contribution >= 0.6 is 0 Å². The van der Waals surface area contributed by atoms with Crippen molar-refractivity contribution in [2.75, 3.05) is 13.2 Å². The minimum atomic E-state index is -0.813. The first kappa shape index (κ1) is 69.5. The van der Waals surface area contributed by atoms with Crippen molar-refractivity contribution in [1.82, 2.24) is 0 Å². The molecule has 418 valence electrons. The van der Waals surface area contributed by atoms with Gasteiger partial charge in [-0.25, -0.2) is 0 Å². The highest BCUT2D eigenvalue weighted by Gasteiger charge is 2.19. The van der Waals surface area contributed by atoms with E-state index < -0.39 is 6.10 Å². The van der Waals surface area contributed by atoms with E-state index in [1.165, 1.54) is 83.5 Å². The van der Waals surface area contributed by atoms with E-state index in [-0.39, 0.29) is 31.1 Å². The summed E-state index contributed by atoms with van der Waals surface area (Å²) < 4.78 is 16.8. The van der Waals surface area contributed by atoms with E-state index in [4.69, 9.17) is 14.2 Å². The Morgan fingerprint density at radius 1 is 0.284 bits per heavy atom. The summed E-state index contributed by atoms with van der Waals surface area (Å²) in [6, 6.07) is 0. The van der Waals surface area contributed by atoms with Crippen LogP contribution in [-0.2, 0) is 28.6 Å². The van der Waals surface area contributed by atoms with Crippen LogP contribution in [0.15, 0.2) is 134 Å². The lowest BCUT2D eigenvalue weighted by Gasteiger charge is -2.18. The monoisotopic (exact) mass is 1020 g/mol. The molecule has 1 atom stereocenters. The van der Waals surface area contributed by atoms with Crippen molar-refractivity contribution in [2.24, 2.45) is 0 Å². The molecular weight excluding hydrogens is 913 g/mol. The van der Waals surface area contributed by atoms with Crippen LogP contribution in [0, 0.1) is 0 Å². The van der Waals surface area contributed by atoms with Gasteiger partial charge in [0.15, 0.2) is 6.10 Å². The second-order valence-corrected chi connectivity index (χ2v) is 19.5. The van der Waals surface area contributed by atoms with Crippen LogP contribution in [0.1, 0.15) is 258 Å². The van der Waals surface area contributed by atoms with Gasteiger partial charge in [-0.3, -0.25) is 14.4 Å². The number of rotatable bonds is 53. The summed E-state index contributed by atoms with van der Waals surface area (Å²) in [5, 5.41) is 0. The third-order valence-electron chi connectivity index (χ3n) is 12.4. The zero-order chi connectivity index (χ0) is 53.6. The van der Waals surface area contributed by atoms with Crippen LogP contribution in [0.4, 0.5) is 0 Å². The van der Waals surface area contributed by atoms with E-state index in [0.29, 0.717) is 25.7 Å². The van der Waals surface area contributed by atoms with Gasteiger partial charge in [0.1, 0.15) is 13.2 Å². The molecule has 0 N–H and O–H groups in total. The fourth-order valence-electron chi connectivity index (χ4n) is 7.94. The van der Waals surface area contributed by atoms with Crippen LogP contribution in [-0.4, -0.2) is 37.2 Å². The SMILES string of the molecule is CC/C=C\C/C=C\C/C=C\C/C=C\C/C=C\C/C=C\C/C=C\CCCCCC(=O)OCC(COC(=O)CCCC/C=C\C/C=C\C/C=C\C/C=C\CC)OC(=O)CCCCCCCCCCCCCCCCCC. The Labute approximate surface area is 455 Å². The molecule has 6 nitrogen and oxygen atoms in total. The summed E-state index contributed by atoms with van der Waals surface area (Å²) in [7, 11) is 0. The first-order valence-corrected chi connectivity index (χ1v) is 30.2. The molecule has 0 aliphatic carbocycles. The van der Waals surface area contributed by atoms with E-state index in [1.54, 1.807) is 0 Å². The van der Waals surface area contributed by atoms with Crippen LogP contribution in [0.2, 0.25) is 0 Å². The molecule has 0 fully saturated rings. The smallest absolute Gasteiger partial charge is 0.306 e. The number of carbonyl (C=O) groups is 3. The molecule has 0 saturated heterocycles. The number of esters is 3. The Kier molecular flexibility index (Phi) is 57.4. The van der Waals surface area contributed by atoms with Crippen LogP contribution in [0.3, 0.4) is 0 Å². The van der Waals surface area contributed by atoms with Crippen molar-refractivity contribution in [3.63, 3.8) is 0 Å². The molecule has 0 bridgehead atoms. The summed E-state index contributed by atoms with van der Waals surface area (Å²) in [5.74, 6) is -0.981. The number of allylic oxidation sites excluding steroid dienone is 22. The molecule has 1 unspecified atom stereocenters. The Morgan fingerprint density at radius 2 is 0.527 bits per heavy atom. The molecular formula is C68H110O6. The molecule has 0 aromatic rings. The van der Waals surface area contributed by atoms with Gasteiger partial charge in [0.2, 0.25) is 0 Å². The Balaban J connectivity index is 4.48. The lowest BCUT2D eigenvalue weighted by Crippen LogP contribution is -2.30. The topological polar surface area (TPSA) is 78.9 Å². The van der Waals surface area contributed by atoms with E-state index in [2.05, 4.69) is 154 Å². The van der Waals surface area contributed by atoms with Crippen molar-refractivity contribution < 1.29 is 28.6 Å². The predicted octanol–water partition coefficient (Wildman–Crippen LogP) is 20.6. The second kappa shape index (κ2) is 61.1. The fraction of sp³-hybridized carbons (Fsp3) is 0.632. The predicted molar refractivity (Wildman–Crippen MR) is 320 cm³/mol. The number of ether oxygens (including phenoxy) is 3. The largest absolute Gasteiger partial charge is 0.462 e. The van der Waals surface area contributed by atoms with Crippen molar-refractivity contribution in [3.05, 3.63) is 134 Å². The van der Waals surface area contributed by atoms with E-state index in [0.717, 1.165) is 128 Å². The van der Waals surface area contributed by atoms with Crippen molar-refractivity contribution in [3.8, 4) is 0 Å². The molecule has 0 rings (SSSR count). The average Bonchev–Trinajstić information content (AvgIpc) is 3.40. The zero-order valence-corrected chi connectivity index (χ0v) is 47.8. The van der Waals surface area contributed by atoms with Gasteiger partial charge in [-0.1, -0.05) is 257 Å². The number of hydrogen-bond acceptors (Lipinski definition) is 6. The van der Waals surface area contributed by atoms with E-state index >= 15 is 0 Å². The Hall–Kier alpha value is -4.45. The average molecular weight is 1020 g/mol. The summed E-state index contributed by atoms with van der Waals surface area (Å²) in [5.41, 5.74) is 0. The zero-order valence-electron chi connectivity index (χ0n) is 47.8. The molecule has 0 aliphatic heterocycles. The van der Waals surface area contributed by atoms with Gasteiger partial charge in [0.05, 0.1) is 0 Å². The third kappa shape index (κ3) is 58.4. The standard InChI is InChI=1S/C68H110O6/c1-4-7-10-13-16-19-22-25-28-30-31-32-33-34-35-36-37-38-41-43-46-49-52-55-58-61-67(70)73-64-65(63-72-66(69)60-57-54-51-48-45-42-39-27-24-21-18-15-12-9-6-3)74-68(71)62-59-56-53-50-47-44-40-29-26-23-20-17-14-11-8-5-2/h7,9-10,12,16,18-19,21,25,27-28,31-32,34-35,37-39,43,45-46,48,65H,4-6,8,11,13-15,17,20,22-24,26,29-30,33,36,40-42,44,47,49-64H2,1-3H3/b10-7-,12-9-,19-16-,21-18-,28-25-,32-31-,35-34-,38-37-,39-27-,46-43-,48-45-. The molecule has 0 aromatic heterocycles. The summed E-state index contributed by atoms with van der Waals surface area (Å²) in [4.78, 5) is 38.2. The molecule has 0 aliphatic rings. The first-order valence-electron chi connectivity index (χ1n) is 30.2. The number of unbranched alkanes of at least 4 members (excludes halogenated alkanes) is 20. The van der Waals surface area contributed by atoms with Gasteiger partial charge < -0.3 is 14.2 Å². The Morgan fingerprint density at radius 3 is 0.851 bits per heavy atom. The van der Waals surface area contributed by atoms with E-state index in [9.17, 15) is 14.4 Å². The molecule has 0 heterocycles. The molecule has 6 heteroatoms. The van der Waals surface area contributed by atoms with E-state index in [1.807, 2.05) is 0 Å². The van der Waals surface area contributed by atoms with Gasteiger partial charge in [0, 0.05) is 19.3 Å². The van der Waals surface area contributed by atoms with Crippen molar-refractivity contribution >= 4 is 17.9 Å². The normalized spacial score (nSPS) is 13.1. The summed E-state index contributed by atoms with van der Waals surface area (Å²) >= 11 is 0.